The molecule has 1 saturated heterocycles. The maximum atomic E-state index is 5.72. The third-order valence-corrected chi connectivity index (χ3v) is 3.13. The van der Waals surface area contributed by atoms with Crippen LogP contribution >= 0.6 is 0 Å². The summed E-state index contributed by atoms with van der Waals surface area (Å²) < 4.78 is 7.82. The van der Waals surface area contributed by atoms with E-state index in [4.69, 9.17) is 4.74 Å². The molecule has 0 aromatic carbocycles. The van der Waals surface area contributed by atoms with Crippen molar-refractivity contribution in [2.75, 3.05) is 19.7 Å². The van der Waals surface area contributed by atoms with E-state index in [0.29, 0.717) is 0 Å². The van der Waals surface area contributed by atoms with Gasteiger partial charge >= 0.3 is 0 Å². The zero-order valence-corrected chi connectivity index (χ0v) is 9.98. The van der Waals surface area contributed by atoms with E-state index in [-0.39, 0.29) is 5.60 Å². The van der Waals surface area contributed by atoms with Gasteiger partial charge in [0.05, 0.1) is 11.9 Å². The molecule has 1 N–H and O–H groups in total. The van der Waals surface area contributed by atoms with Crippen LogP contribution in [0.1, 0.15) is 26.2 Å². The summed E-state index contributed by atoms with van der Waals surface area (Å²) in [6.45, 7) is 6.16. The Balaban J connectivity index is 1.55. The third-order valence-electron chi connectivity index (χ3n) is 3.13. The molecule has 0 amide bonds. The molecule has 16 heavy (non-hydrogen) atoms. The van der Waals surface area contributed by atoms with E-state index in [2.05, 4.69) is 21.8 Å². The molecular formula is C12H21N3O. The van der Waals surface area contributed by atoms with E-state index < -0.39 is 0 Å². The molecule has 4 heteroatoms. The van der Waals surface area contributed by atoms with E-state index in [0.717, 1.165) is 32.7 Å². The second kappa shape index (κ2) is 5.46. The van der Waals surface area contributed by atoms with E-state index in [9.17, 15) is 0 Å². The zero-order valence-electron chi connectivity index (χ0n) is 9.98. The van der Waals surface area contributed by atoms with E-state index in [1.165, 1.54) is 12.8 Å². The van der Waals surface area contributed by atoms with Gasteiger partial charge in [-0.25, -0.2) is 4.98 Å². The number of hydrogen-bond donors (Lipinski definition) is 1. The predicted octanol–water partition coefficient (Wildman–Crippen LogP) is 1.43. The third kappa shape index (κ3) is 3.32. The summed E-state index contributed by atoms with van der Waals surface area (Å²) in [6, 6.07) is 0. The van der Waals surface area contributed by atoms with Crippen molar-refractivity contribution in [1.29, 1.82) is 0 Å². The second-order valence-corrected chi connectivity index (χ2v) is 4.73. The van der Waals surface area contributed by atoms with E-state index in [1.54, 1.807) is 0 Å². The van der Waals surface area contributed by atoms with Crippen molar-refractivity contribution in [2.45, 2.75) is 38.3 Å². The first-order valence-electron chi connectivity index (χ1n) is 6.09. The molecule has 1 aromatic rings. The lowest BCUT2D eigenvalue weighted by Gasteiger charge is -2.23. The van der Waals surface area contributed by atoms with Crippen LogP contribution in [0.15, 0.2) is 18.7 Å². The van der Waals surface area contributed by atoms with E-state index >= 15 is 0 Å². The van der Waals surface area contributed by atoms with Crippen LogP contribution in [0.5, 0.6) is 0 Å². The van der Waals surface area contributed by atoms with Gasteiger partial charge in [0.1, 0.15) is 0 Å². The number of nitrogens with zero attached hydrogens (tertiary/aromatic N) is 2. The molecule has 2 rings (SSSR count). The lowest BCUT2D eigenvalue weighted by molar-refractivity contribution is 0.0210. The quantitative estimate of drug-likeness (QED) is 0.742. The van der Waals surface area contributed by atoms with Crippen molar-refractivity contribution >= 4 is 0 Å². The fraction of sp³-hybridized carbons (Fsp3) is 0.750. The lowest BCUT2D eigenvalue weighted by Crippen LogP contribution is -2.37. The molecule has 0 spiro atoms. The molecule has 0 saturated carbocycles. The van der Waals surface area contributed by atoms with Crippen LogP contribution < -0.4 is 5.32 Å². The minimum atomic E-state index is 0.0784. The average molecular weight is 223 g/mol. The van der Waals surface area contributed by atoms with Crippen LogP contribution in [0.3, 0.4) is 0 Å². The van der Waals surface area contributed by atoms with Gasteiger partial charge < -0.3 is 14.6 Å². The number of aryl methyl sites for hydroxylation is 1. The van der Waals surface area contributed by atoms with Gasteiger partial charge in [0.15, 0.2) is 0 Å². The highest BCUT2D eigenvalue weighted by Crippen LogP contribution is 2.23. The minimum Gasteiger partial charge on any atom is -0.374 e. The molecule has 4 nitrogen and oxygen atoms in total. The van der Waals surface area contributed by atoms with Gasteiger partial charge in [0.25, 0.3) is 0 Å². The number of imidazole rings is 1. The fourth-order valence-electron chi connectivity index (χ4n) is 2.13. The highest BCUT2D eigenvalue weighted by molar-refractivity contribution is 4.82. The van der Waals surface area contributed by atoms with E-state index in [1.807, 2.05) is 18.7 Å². The van der Waals surface area contributed by atoms with Gasteiger partial charge in [-0.2, -0.15) is 0 Å². The first-order chi connectivity index (χ1) is 7.79. The lowest BCUT2D eigenvalue weighted by atomic mass is 10.0. The second-order valence-electron chi connectivity index (χ2n) is 4.73. The Morgan fingerprint density at radius 1 is 1.56 bits per heavy atom. The molecule has 1 aliphatic heterocycles. The molecular weight excluding hydrogens is 202 g/mol. The molecule has 2 heterocycles. The molecule has 1 unspecified atom stereocenters. The zero-order chi connectivity index (χ0) is 11.3. The van der Waals surface area contributed by atoms with Crippen LogP contribution in [-0.4, -0.2) is 34.8 Å². The standard InChI is InChI=1S/C12H21N3O/c1-12(4-2-9-16-12)10-13-5-3-7-15-8-6-14-11-15/h6,8,11,13H,2-5,7,9-10H2,1H3. The average Bonchev–Trinajstić information content (AvgIpc) is 2.89. The van der Waals surface area contributed by atoms with Crippen LogP contribution in [0.25, 0.3) is 0 Å². The van der Waals surface area contributed by atoms with Gasteiger partial charge in [0, 0.05) is 32.1 Å². The molecule has 90 valence electrons. The summed E-state index contributed by atoms with van der Waals surface area (Å²) in [5, 5.41) is 3.47. The number of rotatable bonds is 6. The molecule has 0 aliphatic carbocycles. The Morgan fingerprint density at radius 2 is 2.50 bits per heavy atom. The summed E-state index contributed by atoms with van der Waals surface area (Å²) >= 11 is 0. The monoisotopic (exact) mass is 223 g/mol. The van der Waals surface area contributed by atoms with Crippen LogP contribution in [-0.2, 0) is 11.3 Å². The number of ether oxygens (including phenoxy) is 1. The summed E-state index contributed by atoms with van der Waals surface area (Å²) in [4.78, 5) is 4.02. The molecule has 0 bridgehead atoms. The number of aromatic nitrogens is 2. The largest absolute Gasteiger partial charge is 0.374 e. The van der Waals surface area contributed by atoms with Gasteiger partial charge in [-0.05, 0) is 32.7 Å². The Labute approximate surface area is 97.0 Å². The molecule has 1 atom stereocenters. The SMILES string of the molecule is CC1(CNCCCn2ccnc2)CCCO1. The topological polar surface area (TPSA) is 39.1 Å². The summed E-state index contributed by atoms with van der Waals surface area (Å²) in [5.41, 5.74) is 0.0784. The minimum absolute atomic E-state index is 0.0784. The van der Waals surface area contributed by atoms with Crippen molar-refractivity contribution < 1.29 is 4.74 Å². The van der Waals surface area contributed by atoms with Crippen LogP contribution in [0, 0.1) is 0 Å². The molecule has 0 radical (unpaired) electrons. The Kier molecular flexibility index (Phi) is 3.96. The van der Waals surface area contributed by atoms with Crippen molar-refractivity contribution in [3.8, 4) is 0 Å². The van der Waals surface area contributed by atoms with Crippen LogP contribution in [0.2, 0.25) is 0 Å². The van der Waals surface area contributed by atoms with Gasteiger partial charge in [-0.15, -0.1) is 0 Å². The van der Waals surface area contributed by atoms with Gasteiger partial charge in [-0.3, -0.25) is 0 Å². The first kappa shape index (κ1) is 11.6. The Hall–Kier alpha value is -0.870. The maximum Gasteiger partial charge on any atom is 0.0945 e. The van der Waals surface area contributed by atoms with Crippen molar-refractivity contribution in [3.63, 3.8) is 0 Å². The Bertz CT molecular complexity index is 291. The fourth-order valence-corrected chi connectivity index (χ4v) is 2.13. The summed E-state index contributed by atoms with van der Waals surface area (Å²) in [6.07, 6.45) is 9.20. The smallest absolute Gasteiger partial charge is 0.0945 e. The number of hydrogen-bond acceptors (Lipinski definition) is 3. The number of nitrogens with one attached hydrogen (secondary N) is 1. The van der Waals surface area contributed by atoms with Crippen molar-refractivity contribution in [3.05, 3.63) is 18.7 Å². The maximum absolute atomic E-state index is 5.72. The highest BCUT2D eigenvalue weighted by Gasteiger charge is 2.28. The van der Waals surface area contributed by atoms with Crippen molar-refractivity contribution in [1.82, 2.24) is 14.9 Å². The first-order valence-corrected chi connectivity index (χ1v) is 6.09. The molecule has 1 aromatic heterocycles. The molecule has 1 fully saturated rings. The Morgan fingerprint density at radius 3 is 3.19 bits per heavy atom. The van der Waals surface area contributed by atoms with Gasteiger partial charge in [0.2, 0.25) is 0 Å². The van der Waals surface area contributed by atoms with Crippen LogP contribution in [0.4, 0.5) is 0 Å². The summed E-state index contributed by atoms with van der Waals surface area (Å²) in [7, 11) is 0. The molecule has 1 aliphatic rings. The van der Waals surface area contributed by atoms with Crippen molar-refractivity contribution in [2.24, 2.45) is 0 Å². The highest BCUT2D eigenvalue weighted by atomic mass is 16.5. The van der Waals surface area contributed by atoms with Gasteiger partial charge in [-0.1, -0.05) is 0 Å². The summed E-state index contributed by atoms with van der Waals surface area (Å²) in [5.74, 6) is 0. The predicted molar refractivity (Wildman–Crippen MR) is 63.3 cm³/mol. The normalized spacial score (nSPS) is 25.1.